The standard InChI is InChI=1S/C19H28N4/c1-3-16-18(20)17-13-15(12-14(2)23(17)21-16)22-10-8-19(9-11-22)6-4-5-7-19/h12-13H,3-11,20H2,1-2H3. The highest BCUT2D eigenvalue weighted by Gasteiger charge is 2.37. The Kier molecular flexibility index (Phi) is 3.51. The van der Waals surface area contributed by atoms with Gasteiger partial charge in [-0.3, -0.25) is 0 Å². The normalized spacial score (nSPS) is 20.7. The van der Waals surface area contributed by atoms with Gasteiger partial charge in [0.25, 0.3) is 0 Å². The second-order valence-corrected chi connectivity index (χ2v) is 7.56. The molecule has 0 bridgehead atoms. The first kappa shape index (κ1) is 14.9. The minimum Gasteiger partial charge on any atom is -0.395 e. The summed E-state index contributed by atoms with van der Waals surface area (Å²) in [6.45, 7) is 6.61. The highest BCUT2D eigenvalue weighted by Crippen LogP contribution is 2.46. The molecule has 1 saturated carbocycles. The second kappa shape index (κ2) is 5.43. The maximum atomic E-state index is 6.31. The summed E-state index contributed by atoms with van der Waals surface area (Å²) in [6, 6.07) is 4.51. The summed E-state index contributed by atoms with van der Waals surface area (Å²) in [6.07, 6.45) is 9.38. The number of anilines is 2. The van der Waals surface area contributed by atoms with Gasteiger partial charge >= 0.3 is 0 Å². The molecule has 2 aromatic rings. The molecule has 1 aliphatic heterocycles. The number of hydrogen-bond acceptors (Lipinski definition) is 3. The molecular formula is C19H28N4. The van der Waals surface area contributed by atoms with Gasteiger partial charge in [0, 0.05) is 24.5 Å². The Morgan fingerprint density at radius 1 is 1.13 bits per heavy atom. The Labute approximate surface area is 138 Å². The molecule has 0 unspecified atom stereocenters. The van der Waals surface area contributed by atoms with Crippen LogP contribution in [0.25, 0.3) is 5.52 Å². The number of nitrogens with two attached hydrogens (primary N) is 1. The number of nitrogens with zero attached hydrogens (tertiary/aromatic N) is 3. The third-order valence-electron chi connectivity index (χ3n) is 6.20. The van der Waals surface area contributed by atoms with Crippen molar-refractivity contribution in [1.82, 2.24) is 9.61 Å². The van der Waals surface area contributed by atoms with Crippen molar-refractivity contribution in [2.24, 2.45) is 5.41 Å². The summed E-state index contributed by atoms with van der Waals surface area (Å²) in [7, 11) is 0. The van der Waals surface area contributed by atoms with Gasteiger partial charge in [-0.1, -0.05) is 19.8 Å². The van der Waals surface area contributed by atoms with Crippen LogP contribution in [0.2, 0.25) is 0 Å². The van der Waals surface area contributed by atoms with E-state index < -0.39 is 0 Å². The van der Waals surface area contributed by atoms with Crippen LogP contribution in [0, 0.1) is 12.3 Å². The molecule has 124 valence electrons. The Morgan fingerprint density at radius 2 is 1.83 bits per heavy atom. The molecule has 0 aromatic carbocycles. The fraction of sp³-hybridized carbons (Fsp3) is 0.632. The molecule has 0 amide bonds. The van der Waals surface area contributed by atoms with Crippen molar-refractivity contribution in [2.45, 2.75) is 58.8 Å². The lowest BCUT2D eigenvalue weighted by Crippen LogP contribution is -2.38. The summed E-state index contributed by atoms with van der Waals surface area (Å²) in [5.74, 6) is 0. The van der Waals surface area contributed by atoms with E-state index in [-0.39, 0.29) is 0 Å². The third-order valence-corrected chi connectivity index (χ3v) is 6.20. The lowest BCUT2D eigenvalue weighted by molar-refractivity contribution is 0.226. The largest absolute Gasteiger partial charge is 0.395 e. The monoisotopic (exact) mass is 312 g/mol. The molecular weight excluding hydrogens is 284 g/mol. The molecule has 0 radical (unpaired) electrons. The minimum absolute atomic E-state index is 0.667. The quantitative estimate of drug-likeness (QED) is 0.913. The van der Waals surface area contributed by atoms with E-state index >= 15 is 0 Å². The van der Waals surface area contributed by atoms with Crippen molar-refractivity contribution in [3.8, 4) is 0 Å². The van der Waals surface area contributed by atoms with Crippen molar-refractivity contribution in [3.05, 3.63) is 23.5 Å². The summed E-state index contributed by atoms with van der Waals surface area (Å²) >= 11 is 0. The van der Waals surface area contributed by atoms with Gasteiger partial charge in [-0.25, -0.2) is 4.52 Å². The Morgan fingerprint density at radius 3 is 2.48 bits per heavy atom. The molecule has 2 N–H and O–H groups in total. The van der Waals surface area contributed by atoms with Gasteiger partial charge in [-0.15, -0.1) is 0 Å². The lowest BCUT2D eigenvalue weighted by atomic mass is 9.77. The number of aryl methyl sites for hydroxylation is 2. The zero-order chi connectivity index (χ0) is 16.0. The maximum Gasteiger partial charge on any atom is 0.0918 e. The molecule has 1 saturated heterocycles. The van der Waals surface area contributed by atoms with Crippen molar-refractivity contribution in [2.75, 3.05) is 23.7 Å². The average Bonchev–Trinajstić information content (AvgIpc) is 3.14. The molecule has 4 rings (SSSR count). The zero-order valence-electron chi connectivity index (χ0n) is 14.4. The zero-order valence-corrected chi connectivity index (χ0v) is 14.4. The van der Waals surface area contributed by atoms with Gasteiger partial charge in [0.2, 0.25) is 0 Å². The van der Waals surface area contributed by atoms with Crippen LogP contribution in [-0.4, -0.2) is 22.7 Å². The average molecular weight is 312 g/mol. The predicted molar refractivity (Wildman–Crippen MR) is 96.1 cm³/mol. The number of pyridine rings is 1. The number of piperidine rings is 1. The van der Waals surface area contributed by atoms with E-state index in [1.54, 1.807) is 0 Å². The highest BCUT2D eigenvalue weighted by atomic mass is 15.2. The molecule has 23 heavy (non-hydrogen) atoms. The second-order valence-electron chi connectivity index (χ2n) is 7.56. The van der Waals surface area contributed by atoms with Crippen LogP contribution in [0.3, 0.4) is 0 Å². The summed E-state index contributed by atoms with van der Waals surface area (Å²) in [5, 5.41) is 4.65. The molecule has 1 aliphatic carbocycles. The SMILES string of the molecule is CCc1nn2c(C)cc(N3CCC4(CCCC4)CC3)cc2c1N. The van der Waals surface area contributed by atoms with Gasteiger partial charge in [0.05, 0.1) is 16.9 Å². The van der Waals surface area contributed by atoms with E-state index in [1.165, 1.54) is 63.0 Å². The van der Waals surface area contributed by atoms with Crippen LogP contribution < -0.4 is 10.6 Å². The van der Waals surface area contributed by atoms with Crippen molar-refractivity contribution in [1.29, 1.82) is 0 Å². The van der Waals surface area contributed by atoms with Crippen molar-refractivity contribution in [3.63, 3.8) is 0 Å². The number of hydrogen-bond donors (Lipinski definition) is 1. The van der Waals surface area contributed by atoms with Crippen molar-refractivity contribution < 1.29 is 0 Å². The fourth-order valence-electron chi connectivity index (χ4n) is 4.66. The topological polar surface area (TPSA) is 46.6 Å². The number of aromatic nitrogens is 2. The molecule has 2 aromatic heterocycles. The van der Waals surface area contributed by atoms with Crippen LogP contribution >= 0.6 is 0 Å². The van der Waals surface area contributed by atoms with E-state index in [9.17, 15) is 0 Å². The van der Waals surface area contributed by atoms with Gasteiger partial charge in [0.15, 0.2) is 0 Å². The Balaban J connectivity index is 1.63. The first-order valence-corrected chi connectivity index (χ1v) is 9.15. The molecule has 1 spiro atoms. The smallest absolute Gasteiger partial charge is 0.0918 e. The minimum atomic E-state index is 0.667. The molecule has 2 aliphatic rings. The molecule has 4 nitrogen and oxygen atoms in total. The summed E-state index contributed by atoms with van der Waals surface area (Å²) in [4.78, 5) is 2.55. The van der Waals surface area contributed by atoms with Gasteiger partial charge in [0.1, 0.15) is 0 Å². The van der Waals surface area contributed by atoms with Crippen LogP contribution in [0.5, 0.6) is 0 Å². The predicted octanol–water partition coefficient (Wildman–Crippen LogP) is 3.95. The van der Waals surface area contributed by atoms with Crippen molar-refractivity contribution >= 4 is 16.9 Å². The molecule has 4 heteroatoms. The van der Waals surface area contributed by atoms with Crippen LogP contribution in [-0.2, 0) is 6.42 Å². The molecule has 2 fully saturated rings. The van der Waals surface area contributed by atoms with Gasteiger partial charge in [-0.05, 0) is 56.6 Å². The fourth-order valence-corrected chi connectivity index (χ4v) is 4.66. The van der Waals surface area contributed by atoms with E-state index in [0.717, 1.165) is 23.3 Å². The molecule has 0 atom stereocenters. The van der Waals surface area contributed by atoms with E-state index in [1.807, 2.05) is 4.52 Å². The van der Waals surface area contributed by atoms with E-state index in [0.29, 0.717) is 5.41 Å². The first-order valence-electron chi connectivity index (χ1n) is 9.15. The van der Waals surface area contributed by atoms with Crippen LogP contribution in [0.4, 0.5) is 11.4 Å². The van der Waals surface area contributed by atoms with E-state index in [4.69, 9.17) is 5.73 Å². The van der Waals surface area contributed by atoms with E-state index in [2.05, 4.69) is 36.0 Å². The van der Waals surface area contributed by atoms with Crippen LogP contribution in [0.1, 0.15) is 56.8 Å². The Bertz CT molecular complexity index is 715. The highest BCUT2D eigenvalue weighted by molar-refractivity contribution is 5.76. The van der Waals surface area contributed by atoms with Gasteiger partial charge in [-0.2, -0.15) is 5.10 Å². The molecule has 3 heterocycles. The number of rotatable bonds is 2. The lowest BCUT2D eigenvalue weighted by Gasteiger charge is -2.40. The summed E-state index contributed by atoms with van der Waals surface area (Å²) < 4.78 is 2.00. The number of nitrogen functional groups attached to an aromatic ring is 1. The maximum absolute atomic E-state index is 6.31. The third kappa shape index (κ3) is 2.39. The first-order chi connectivity index (χ1) is 11.1. The Hall–Kier alpha value is -1.71. The van der Waals surface area contributed by atoms with Gasteiger partial charge < -0.3 is 10.6 Å². The summed E-state index contributed by atoms with van der Waals surface area (Å²) in [5.41, 5.74) is 12.4. The number of fused-ring (bicyclic) bond motifs is 1. The van der Waals surface area contributed by atoms with Crippen LogP contribution in [0.15, 0.2) is 12.1 Å².